The molecule has 66 valence electrons. The molecule has 0 bridgehead atoms. The Kier molecular flexibility index (Phi) is 3.55. The Morgan fingerprint density at radius 1 is 1.75 bits per heavy atom. The molecule has 0 aromatic carbocycles. The molecule has 1 aromatic rings. The highest BCUT2D eigenvalue weighted by atomic mass is 79.9. The molecule has 0 fully saturated rings. The van der Waals surface area contributed by atoms with E-state index in [0.717, 1.165) is 9.35 Å². The fraction of sp³-hybridized carbons (Fsp3) is 0.286. The molecule has 3 nitrogen and oxygen atoms in total. The van der Waals surface area contributed by atoms with Crippen molar-refractivity contribution in [2.75, 3.05) is 7.05 Å². The van der Waals surface area contributed by atoms with Gasteiger partial charge < -0.3 is 10.6 Å². The molecule has 0 atom stereocenters. The number of rotatable bonds is 2. The first-order chi connectivity index (χ1) is 5.72. The average molecular weight is 249 g/mol. The van der Waals surface area contributed by atoms with Crippen molar-refractivity contribution in [2.24, 2.45) is 0 Å². The summed E-state index contributed by atoms with van der Waals surface area (Å²) in [5.41, 5.74) is 0. The monoisotopic (exact) mass is 248 g/mol. The second-order valence-corrected chi connectivity index (χ2v) is 4.08. The molecule has 1 rings (SSSR count). The molecule has 0 saturated heterocycles. The number of amides is 2. The lowest BCUT2D eigenvalue weighted by Crippen LogP contribution is -2.31. The van der Waals surface area contributed by atoms with Gasteiger partial charge in [-0.3, -0.25) is 0 Å². The van der Waals surface area contributed by atoms with Crippen LogP contribution in [0.2, 0.25) is 0 Å². The molecule has 0 radical (unpaired) electrons. The number of thiophene rings is 1. The van der Waals surface area contributed by atoms with Crippen LogP contribution >= 0.6 is 27.3 Å². The van der Waals surface area contributed by atoms with E-state index in [9.17, 15) is 4.79 Å². The highest BCUT2D eigenvalue weighted by molar-refractivity contribution is 9.10. The van der Waals surface area contributed by atoms with E-state index in [1.54, 1.807) is 18.4 Å². The van der Waals surface area contributed by atoms with E-state index in [2.05, 4.69) is 26.6 Å². The summed E-state index contributed by atoms with van der Waals surface area (Å²) < 4.78 is 1.06. The number of hydrogen-bond donors (Lipinski definition) is 2. The summed E-state index contributed by atoms with van der Waals surface area (Å²) in [6.45, 7) is 0.579. The van der Waals surface area contributed by atoms with Crippen LogP contribution in [0.25, 0.3) is 0 Å². The Hall–Kier alpha value is -0.550. The Morgan fingerprint density at radius 2 is 2.50 bits per heavy atom. The Bertz CT molecular complexity index is 274. The molecule has 0 aliphatic heterocycles. The van der Waals surface area contributed by atoms with Gasteiger partial charge in [0.15, 0.2) is 0 Å². The van der Waals surface area contributed by atoms with Crippen LogP contribution in [0, 0.1) is 0 Å². The van der Waals surface area contributed by atoms with Crippen LogP contribution in [0.1, 0.15) is 4.88 Å². The highest BCUT2D eigenvalue weighted by Crippen LogP contribution is 2.19. The van der Waals surface area contributed by atoms with E-state index in [4.69, 9.17) is 0 Å². The fourth-order valence-corrected chi connectivity index (χ4v) is 2.09. The van der Waals surface area contributed by atoms with Gasteiger partial charge in [-0.15, -0.1) is 11.3 Å². The number of halogens is 1. The first-order valence-electron chi connectivity index (χ1n) is 3.41. The summed E-state index contributed by atoms with van der Waals surface area (Å²) in [6.07, 6.45) is 0. The third kappa shape index (κ3) is 2.83. The summed E-state index contributed by atoms with van der Waals surface area (Å²) in [7, 11) is 1.60. The highest BCUT2D eigenvalue weighted by Gasteiger charge is 1.99. The largest absolute Gasteiger partial charge is 0.341 e. The fourth-order valence-electron chi connectivity index (χ4n) is 0.702. The summed E-state index contributed by atoms with van der Waals surface area (Å²) in [5, 5.41) is 7.17. The van der Waals surface area contributed by atoms with Crippen molar-refractivity contribution in [1.82, 2.24) is 10.6 Å². The lowest BCUT2D eigenvalue weighted by atomic mass is 10.5. The molecule has 12 heavy (non-hydrogen) atoms. The van der Waals surface area contributed by atoms with Gasteiger partial charge in [0, 0.05) is 21.8 Å². The van der Waals surface area contributed by atoms with Crippen LogP contribution in [0.4, 0.5) is 4.79 Å². The van der Waals surface area contributed by atoms with Gasteiger partial charge in [-0.05, 0) is 22.0 Å². The molecule has 1 aromatic heterocycles. The van der Waals surface area contributed by atoms with Crippen molar-refractivity contribution in [3.63, 3.8) is 0 Å². The molecule has 2 amide bonds. The second-order valence-electron chi connectivity index (χ2n) is 2.16. The van der Waals surface area contributed by atoms with E-state index < -0.39 is 0 Å². The molecular formula is C7H9BrN2OS. The topological polar surface area (TPSA) is 41.1 Å². The number of urea groups is 1. The van der Waals surface area contributed by atoms with Gasteiger partial charge in [0.05, 0.1) is 6.54 Å². The second kappa shape index (κ2) is 4.47. The predicted molar refractivity (Wildman–Crippen MR) is 53.3 cm³/mol. The van der Waals surface area contributed by atoms with Crippen molar-refractivity contribution in [2.45, 2.75) is 6.54 Å². The normalized spacial score (nSPS) is 9.50. The van der Waals surface area contributed by atoms with Crippen molar-refractivity contribution >= 4 is 33.3 Å². The lowest BCUT2D eigenvalue weighted by molar-refractivity contribution is 0.242. The SMILES string of the molecule is CNC(=O)NCc1cc(Br)cs1. The van der Waals surface area contributed by atoms with Crippen LogP contribution in [-0.2, 0) is 6.54 Å². The predicted octanol–water partition coefficient (Wildman–Crippen LogP) is 1.94. The van der Waals surface area contributed by atoms with Crippen molar-refractivity contribution in [3.8, 4) is 0 Å². The molecule has 2 N–H and O–H groups in total. The molecule has 0 spiro atoms. The minimum absolute atomic E-state index is 0.153. The van der Waals surface area contributed by atoms with Crippen molar-refractivity contribution < 1.29 is 4.79 Å². The van der Waals surface area contributed by atoms with Crippen molar-refractivity contribution in [1.29, 1.82) is 0 Å². The smallest absolute Gasteiger partial charge is 0.314 e. The summed E-state index contributed by atoms with van der Waals surface area (Å²) in [5.74, 6) is 0. The van der Waals surface area contributed by atoms with Crippen LogP contribution in [0.3, 0.4) is 0 Å². The summed E-state index contributed by atoms with van der Waals surface area (Å²) >= 11 is 4.95. The first-order valence-corrected chi connectivity index (χ1v) is 5.08. The van der Waals surface area contributed by atoms with Crippen LogP contribution in [0.15, 0.2) is 15.9 Å². The zero-order valence-electron chi connectivity index (χ0n) is 6.56. The van der Waals surface area contributed by atoms with E-state index >= 15 is 0 Å². The summed E-state index contributed by atoms with van der Waals surface area (Å²) in [4.78, 5) is 11.9. The minimum atomic E-state index is -0.153. The van der Waals surface area contributed by atoms with Gasteiger partial charge in [0.2, 0.25) is 0 Å². The number of nitrogens with one attached hydrogen (secondary N) is 2. The van der Waals surface area contributed by atoms with Gasteiger partial charge in [0.25, 0.3) is 0 Å². The molecule has 0 unspecified atom stereocenters. The van der Waals surface area contributed by atoms with Crippen LogP contribution < -0.4 is 10.6 Å². The zero-order chi connectivity index (χ0) is 8.97. The standard InChI is InChI=1S/C7H9BrN2OS/c1-9-7(11)10-3-6-2-5(8)4-12-6/h2,4H,3H2,1H3,(H2,9,10,11). The van der Waals surface area contributed by atoms with E-state index in [0.29, 0.717) is 6.54 Å². The van der Waals surface area contributed by atoms with Crippen LogP contribution in [0.5, 0.6) is 0 Å². The molecule has 5 heteroatoms. The molecular weight excluding hydrogens is 240 g/mol. The number of carbonyl (C=O) groups excluding carboxylic acids is 1. The van der Waals surface area contributed by atoms with Crippen molar-refractivity contribution in [3.05, 3.63) is 20.8 Å². The zero-order valence-corrected chi connectivity index (χ0v) is 8.96. The molecule has 1 heterocycles. The Labute approximate surface area is 83.3 Å². The van der Waals surface area contributed by atoms with Gasteiger partial charge in [-0.2, -0.15) is 0 Å². The quantitative estimate of drug-likeness (QED) is 0.826. The minimum Gasteiger partial charge on any atom is -0.341 e. The average Bonchev–Trinajstić information content (AvgIpc) is 2.47. The maximum absolute atomic E-state index is 10.8. The van der Waals surface area contributed by atoms with Gasteiger partial charge in [0.1, 0.15) is 0 Å². The van der Waals surface area contributed by atoms with Gasteiger partial charge >= 0.3 is 6.03 Å². The third-order valence-electron chi connectivity index (χ3n) is 1.27. The van der Waals surface area contributed by atoms with Crippen LogP contribution in [-0.4, -0.2) is 13.1 Å². The van der Waals surface area contributed by atoms with Gasteiger partial charge in [-0.1, -0.05) is 0 Å². The van der Waals surface area contributed by atoms with E-state index in [-0.39, 0.29) is 6.03 Å². The Morgan fingerprint density at radius 3 is 3.00 bits per heavy atom. The van der Waals surface area contributed by atoms with E-state index in [1.165, 1.54) is 0 Å². The lowest BCUT2D eigenvalue weighted by Gasteiger charge is -2.00. The maximum Gasteiger partial charge on any atom is 0.314 e. The first kappa shape index (κ1) is 9.54. The van der Waals surface area contributed by atoms with Gasteiger partial charge in [-0.25, -0.2) is 4.79 Å². The number of hydrogen-bond acceptors (Lipinski definition) is 2. The molecule has 0 aliphatic carbocycles. The summed E-state index contributed by atoms with van der Waals surface area (Å²) in [6, 6.07) is 1.83. The molecule has 0 aliphatic rings. The maximum atomic E-state index is 10.8. The third-order valence-corrected chi connectivity index (χ3v) is 2.97. The van der Waals surface area contributed by atoms with E-state index in [1.807, 2.05) is 11.4 Å². The molecule has 0 saturated carbocycles. The number of carbonyl (C=O) groups is 1. The Balaban J connectivity index is 2.38.